The maximum Gasteiger partial charge on any atom is 0.0700 e. The molecule has 1 aliphatic heterocycles. The van der Waals surface area contributed by atoms with Gasteiger partial charge in [0.05, 0.1) is 6.10 Å². The van der Waals surface area contributed by atoms with E-state index in [4.69, 9.17) is 9.47 Å². The van der Waals surface area contributed by atoms with Crippen LogP contribution in [-0.2, 0) is 9.47 Å². The number of nitrogens with one attached hydrogen (secondary N) is 1. The molecule has 3 nitrogen and oxygen atoms in total. The molecule has 1 N–H and O–H groups in total. The number of hydrogen-bond donors (Lipinski definition) is 1. The fourth-order valence-electron chi connectivity index (χ4n) is 1.84. The summed E-state index contributed by atoms with van der Waals surface area (Å²) in [6.45, 7) is 8.36. The number of hydrogen-bond acceptors (Lipinski definition) is 3. The quantitative estimate of drug-likeness (QED) is 0.702. The molecule has 0 bridgehead atoms. The third-order valence-corrected chi connectivity index (χ3v) is 2.98. The molecule has 0 amide bonds. The van der Waals surface area contributed by atoms with Gasteiger partial charge in [0.2, 0.25) is 0 Å². The van der Waals surface area contributed by atoms with Crippen LogP contribution in [0.2, 0.25) is 0 Å². The van der Waals surface area contributed by atoms with Crippen molar-refractivity contribution in [3.05, 3.63) is 0 Å². The van der Waals surface area contributed by atoms with Crippen LogP contribution in [0.3, 0.4) is 0 Å². The van der Waals surface area contributed by atoms with Crippen molar-refractivity contribution in [2.75, 3.05) is 33.4 Å². The summed E-state index contributed by atoms with van der Waals surface area (Å²) in [6, 6.07) is 0. The molecule has 1 aliphatic rings. The minimum absolute atomic E-state index is 0.314. The first kappa shape index (κ1) is 12.9. The second-order valence-electron chi connectivity index (χ2n) is 5.17. The highest BCUT2D eigenvalue weighted by Gasteiger charge is 2.19. The first-order valence-corrected chi connectivity index (χ1v) is 5.95. The second kappa shape index (κ2) is 6.46. The molecule has 0 radical (unpaired) electrons. The Morgan fingerprint density at radius 3 is 2.87 bits per heavy atom. The Labute approximate surface area is 93.5 Å². The molecule has 0 aliphatic carbocycles. The fraction of sp³-hybridized carbons (Fsp3) is 1.00. The molecule has 0 aromatic heterocycles. The van der Waals surface area contributed by atoms with Crippen LogP contribution in [0.5, 0.6) is 0 Å². The van der Waals surface area contributed by atoms with Gasteiger partial charge in [0, 0.05) is 33.4 Å². The molecule has 0 aromatic rings. The Kier molecular flexibility index (Phi) is 5.58. The molecule has 3 heteroatoms. The molecule has 1 unspecified atom stereocenters. The molecule has 0 spiro atoms. The topological polar surface area (TPSA) is 30.5 Å². The molecule has 1 saturated heterocycles. The minimum Gasteiger partial charge on any atom is -0.385 e. The monoisotopic (exact) mass is 215 g/mol. The van der Waals surface area contributed by atoms with Crippen LogP contribution in [0.15, 0.2) is 0 Å². The Morgan fingerprint density at radius 2 is 2.27 bits per heavy atom. The van der Waals surface area contributed by atoms with Gasteiger partial charge in [-0.05, 0) is 24.7 Å². The predicted molar refractivity (Wildman–Crippen MR) is 62.1 cm³/mol. The SMILES string of the molecule is COCCC(C)(C)CNCC1CCCO1. The third-order valence-electron chi connectivity index (χ3n) is 2.98. The summed E-state index contributed by atoms with van der Waals surface area (Å²) in [4.78, 5) is 0. The van der Waals surface area contributed by atoms with Crippen LogP contribution in [0.25, 0.3) is 0 Å². The zero-order valence-electron chi connectivity index (χ0n) is 10.3. The highest BCUT2D eigenvalue weighted by molar-refractivity contribution is 4.74. The molecule has 1 heterocycles. The first-order valence-electron chi connectivity index (χ1n) is 5.95. The van der Waals surface area contributed by atoms with Crippen LogP contribution in [0.1, 0.15) is 33.1 Å². The predicted octanol–water partition coefficient (Wildman–Crippen LogP) is 1.82. The molecule has 0 saturated carbocycles. The van der Waals surface area contributed by atoms with E-state index >= 15 is 0 Å². The van der Waals surface area contributed by atoms with E-state index in [1.54, 1.807) is 7.11 Å². The molecule has 1 rings (SSSR count). The van der Waals surface area contributed by atoms with Gasteiger partial charge in [-0.2, -0.15) is 0 Å². The van der Waals surface area contributed by atoms with Crippen LogP contribution in [0, 0.1) is 5.41 Å². The Bertz CT molecular complexity index is 165. The van der Waals surface area contributed by atoms with Crippen LogP contribution >= 0.6 is 0 Å². The highest BCUT2D eigenvalue weighted by atomic mass is 16.5. The standard InChI is InChI=1S/C12H25NO2/c1-12(2,6-8-14-3)10-13-9-11-5-4-7-15-11/h11,13H,4-10H2,1-3H3. The normalized spacial score (nSPS) is 22.2. The van der Waals surface area contributed by atoms with Crippen LogP contribution in [0.4, 0.5) is 0 Å². The lowest BCUT2D eigenvalue weighted by Gasteiger charge is -2.25. The second-order valence-corrected chi connectivity index (χ2v) is 5.17. The van der Waals surface area contributed by atoms with E-state index in [1.165, 1.54) is 12.8 Å². The van der Waals surface area contributed by atoms with E-state index in [-0.39, 0.29) is 0 Å². The summed E-state index contributed by atoms with van der Waals surface area (Å²) in [5, 5.41) is 3.50. The van der Waals surface area contributed by atoms with Crippen molar-refractivity contribution in [1.29, 1.82) is 0 Å². The van der Waals surface area contributed by atoms with Gasteiger partial charge in [0.15, 0.2) is 0 Å². The first-order chi connectivity index (χ1) is 7.14. The van der Waals surface area contributed by atoms with Crippen molar-refractivity contribution in [2.45, 2.75) is 39.2 Å². The van der Waals surface area contributed by atoms with Crippen molar-refractivity contribution in [2.24, 2.45) is 5.41 Å². The summed E-state index contributed by atoms with van der Waals surface area (Å²) < 4.78 is 10.7. The molecule has 1 fully saturated rings. The lowest BCUT2D eigenvalue weighted by Crippen LogP contribution is -2.35. The molecular formula is C12H25NO2. The number of methoxy groups -OCH3 is 1. The maximum atomic E-state index is 5.56. The van der Waals surface area contributed by atoms with Crippen LogP contribution in [-0.4, -0.2) is 39.5 Å². The number of ether oxygens (including phenoxy) is 2. The molecule has 15 heavy (non-hydrogen) atoms. The van der Waals surface area contributed by atoms with E-state index in [1.807, 2.05) is 0 Å². The Balaban J connectivity index is 2.06. The van der Waals surface area contributed by atoms with E-state index in [0.717, 1.165) is 32.7 Å². The highest BCUT2D eigenvalue weighted by Crippen LogP contribution is 2.19. The molecule has 90 valence electrons. The Hall–Kier alpha value is -0.120. The van der Waals surface area contributed by atoms with Crippen molar-refractivity contribution >= 4 is 0 Å². The maximum absolute atomic E-state index is 5.56. The van der Waals surface area contributed by atoms with E-state index in [2.05, 4.69) is 19.2 Å². The van der Waals surface area contributed by atoms with Gasteiger partial charge in [0.1, 0.15) is 0 Å². The average Bonchev–Trinajstić information content (AvgIpc) is 2.67. The molecule has 0 aromatic carbocycles. The Morgan fingerprint density at radius 1 is 1.47 bits per heavy atom. The third kappa shape index (κ3) is 5.50. The summed E-state index contributed by atoms with van der Waals surface area (Å²) in [6.07, 6.45) is 3.98. The van der Waals surface area contributed by atoms with Crippen molar-refractivity contribution < 1.29 is 9.47 Å². The van der Waals surface area contributed by atoms with Crippen LogP contribution < -0.4 is 5.32 Å². The van der Waals surface area contributed by atoms with Gasteiger partial charge in [-0.15, -0.1) is 0 Å². The zero-order chi connectivity index (χ0) is 11.1. The zero-order valence-corrected chi connectivity index (χ0v) is 10.3. The largest absolute Gasteiger partial charge is 0.385 e. The van der Waals surface area contributed by atoms with E-state index in [0.29, 0.717) is 11.5 Å². The summed E-state index contributed by atoms with van der Waals surface area (Å²) >= 11 is 0. The van der Waals surface area contributed by atoms with Crippen molar-refractivity contribution in [1.82, 2.24) is 5.32 Å². The lowest BCUT2D eigenvalue weighted by atomic mass is 9.89. The minimum atomic E-state index is 0.314. The van der Waals surface area contributed by atoms with Gasteiger partial charge in [-0.1, -0.05) is 13.8 Å². The van der Waals surface area contributed by atoms with Gasteiger partial charge in [-0.25, -0.2) is 0 Å². The van der Waals surface area contributed by atoms with Crippen molar-refractivity contribution in [3.63, 3.8) is 0 Å². The summed E-state index contributed by atoms with van der Waals surface area (Å²) in [5.41, 5.74) is 0.314. The van der Waals surface area contributed by atoms with E-state index in [9.17, 15) is 0 Å². The number of rotatable bonds is 7. The fourth-order valence-corrected chi connectivity index (χ4v) is 1.84. The van der Waals surface area contributed by atoms with Gasteiger partial charge < -0.3 is 14.8 Å². The lowest BCUT2D eigenvalue weighted by molar-refractivity contribution is 0.104. The smallest absolute Gasteiger partial charge is 0.0700 e. The van der Waals surface area contributed by atoms with Gasteiger partial charge in [-0.3, -0.25) is 0 Å². The van der Waals surface area contributed by atoms with Gasteiger partial charge >= 0.3 is 0 Å². The molecular weight excluding hydrogens is 190 g/mol. The van der Waals surface area contributed by atoms with Gasteiger partial charge in [0.25, 0.3) is 0 Å². The molecule has 1 atom stereocenters. The summed E-state index contributed by atoms with van der Waals surface area (Å²) in [5.74, 6) is 0. The summed E-state index contributed by atoms with van der Waals surface area (Å²) in [7, 11) is 1.76. The van der Waals surface area contributed by atoms with Crippen molar-refractivity contribution in [3.8, 4) is 0 Å². The average molecular weight is 215 g/mol. The van der Waals surface area contributed by atoms with E-state index < -0.39 is 0 Å².